The second-order valence-electron chi connectivity index (χ2n) is 4.81. The van der Waals surface area contributed by atoms with E-state index in [1.54, 1.807) is 0 Å². The van der Waals surface area contributed by atoms with Crippen LogP contribution >= 0.6 is 0 Å². The van der Waals surface area contributed by atoms with E-state index in [-0.39, 0.29) is 5.92 Å². The normalized spacial score (nSPS) is 12.2. The van der Waals surface area contributed by atoms with E-state index in [1.807, 2.05) is 20.8 Å². The summed E-state index contributed by atoms with van der Waals surface area (Å²) in [6, 6.07) is 4.16. The quantitative estimate of drug-likeness (QED) is 0.840. The second kappa shape index (κ2) is 6.43. The number of aryl methyl sites for hydroxylation is 3. The van der Waals surface area contributed by atoms with Gasteiger partial charge in [0.1, 0.15) is 5.75 Å². The highest BCUT2D eigenvalue weighted by Crippen LogP contribution is 2.25. The van der Waals surface area contributed by atoms with E-state index in [2.05, 4.69) is 19.1 Å². The van der Waals surface area contributed by atoms with Crippen LogP contribution in [0.5, 0.6) is 5.75 Å². The molecule has 0 aliphatic carbocycles. The van der Waals surface area contributed by atoms with E-state index < -0.39 is 5.97 Å². The molecule has 0 radical (unpaired) electrons. The van der Waals surface area contributed by atoms with Gasteiger partial charge in [-0.05, 0) is 44.7 Å². The van der Waals surface area contributed by atoms with Gasteiger partial charge in [-0.15, -0.1) is 0 Å². The molecule has 100 valence electrons. The van der Waals surface area contributed by atoms with Crippen molar-refractivity contribution in [1.29, 1.82) is 0 Å². The molecule has 1 aromatic rings. The molecule has 0 spiro atoms. The summed E-state index contributed by atoms with van der Waals surface area (Å²) in [6.07, 6.45) is 1.20. The van der Waals surface area contributed by atoms with Gasteiger partial charge >= 0.3 is 5.97 Å². The standard InChI is InChI=1S/C15H22O3/c1-5-13(15(16)17)6-7-18-14-11(3)8-10(2)9-12(14)4/h8-9,13H,5-7H2,1-4H3,(H,16,17). The van der Waals surface area contributed by atoms with Crippen molar-refractivity contribution >= 4 is 5.97 Å². The minimum atomic E-state index is -0.738. The molecule has 1 N–H and O–H groups in total. The van der Waals surface area contributed by atoms with E-state index in [0.29, 0.717) is 19.4 Å². The first-order valence-electron chi connectivity index (χ1n) is 6.39. The van der Waals surface area contributed by atoms with Crippen LogP contribution in [0, 0.1) is 26.7 Å². The molecule has 1 rings (SSSR count). The van der Waals surface area contributed by atoms with E-state index in [1.165, 1.54) is 5.56 Å². The smallest absolute Gasteiger partial charge is 0.306 e. The molecule has 0 heterocycles. The Kier molecular flexibility index (Phi) is 5.20. The Labute approximate surface area is 109 Å². The third-order valence-electron chi connectivity index (χ3n) is 3.16. The topological polar surface area (TPSA) is 46.5 Å². The van der Waals surface area contributed by atoms with Gasteiger partial charge in [-0.1, -0.05) is 24.6 Å². The maximum Gasteiger partial charge on any atom is 0.306 e. The van der Waals surface area contributed by atoms with Crippen molar-refractivity contribution < 1.29 is 14.6 Å². The van der Waals surface area contributed by atoms with E-state index >= 15 is 0 Å². The van der Waals surface area contributed by atoms with Gasteiger partial charge < -0.3 is 9.84 Å². The van der Waals surface area contributed by atoms with Crippen molar-refractivity contribution in [2.75, 3.05) is 6.61 Å². The lowest BCUT2D eigenvalue weighted by Gasteiger charge is -2.15. The van der Waals surface area contributed by atoms with Crippen LogP contribution in [0.25, 0.3) is 0 Å². The molecule has 3 nitrogen and oxygen atoms in total. The Morgan fingerprint density at radius 2 is 1.83 bits per heavy atom. The van der Waals surface area contributed by atoms with Crippen molar-refractivity contribution in [3.05, 3.63) is 28.8 Å². The number of carboxylic acids is 1. The molecule has 0 saturated heterocycles. The number of hydrogen-bond donors (Lipinski definition) is 1. The Balaban J connectivity index is 2.62. The number of hydrogen-bond acceptors (Lipinski definition) is 2. The molecule has 0 aliphatic heterocycles. The van der Waals surface area contributed by atoms with Crippen LogP contribution in [0.1, 0.15) is 36.5 Å². The molecule has 0 bridgehead atoms. The minimum Gasteiger partial charge on any atom is -0.493 e. The zero-order valence-corrected chi connectivity index (χ0v) is 11.6. The lowest BCUT2D eigenvalue weighted by Crippen LogP contribution is -2.16. The molecular weight excluding hydrogens is 228 g/mol. The Morgan fingerprint density at radius 3 is 2.28 bits per heavy atom. The molecule has 0 aromatic heterocycles. The second-order valence-corrected chi connectivity index (χ2v) is 4.81. The first kappa shape index (κ1) is 14.6. The van der Waals surface area contributed by atoms with Gasteiger partial charge in [-0.3, -0.25) is 4.79 Å². The number of carbonyl (C=O) groups is 1. The zero-order chi connectivity index (χ0) is 13.7. The summed E-state index contributed by atoms with van der Waals surface area (Å²) >= 11 is 0. The number of benzene rings is 1. The van der Waals surface area contributed by atoms with Crippen LogP contribution < -0.4 is 4.74 Å². The molecule has 0 fully saturated rings. The van der Waals surface area contributed by atoms with Gasteiger partial charge in [0.05, 0.1) is 12.5 Å². The van der Waals surface area contributed by atoms with E-state index in [4.69, 9.17) is 9.84 Å². The summed E-state index contributed by atoms with van der Waals surface area (Å²) in [5, 5.41) is 8.96. The van der Waals surface area contributed by atoms with Gasteiger partial charge in [-0.2, -0.15) is 0 Å². The lowest BCUT2D eigenvalue weighted by molar-refractivity contribution is -0.142. The molecule has 1 unspecified atom stereocenters. The van der Waals surface area contributed by atoms with Gasteiger partial charge in [0, 0.05) is 0 Å². The van der Waals surface area contributed by atoms with Gasteiger partial charge in [0.2, 0.25) is 0 Å². The largest absolute Gasteiger partial charge is 0.493 e. The fraction of sp³-hybridized carbons (Fsp3) is 0.533. The third-order valence-corrected chi connectivity index (χ3v) is 3.16. The molecule has 0 aliphatic rings. The predicted octanol–water partition coefficient (Wildman–Crippen LogP) is 3.49. The summed E-state index contributed by atoms with van der Waals surface area (Å²) in [4.78, 5) is 10.9. The Morgan fingerprint density at radius 1 is 1.28 bits per heavy atom. The number of aliphatic carboxylic acids is 1. The fourth-order valence-electron chi connectivity index (χ4n) is 2.20. The van der Waals surface area contributed by atoms with Crippen LogP contribution in [0.15, 0.2) is 12.1 Å². The molecule has 3 heteroatoms. The monoisotopic (exact) mass is 250 g/mol. The van der Waals surface area contributed by atoms with Crippen LogP contribution in [0.3, 0.4) is 0 Å². The Hall–Kier alpha value is -1.51. The highest BCUT2D eigenvalue weighted by atomic mass is 16.5. The maximum absolute atomic E-state index is 10.9. The fourth-order valence-corrected chi connectivity index (χ4v) is 2.20. The predicted molar refractivity (Wildman–Crippen MR) is 72.2 cm³/mol. The van der Waals surface area contributed by atoms with Crippen molar-refractivity contribution in [2.24, 2.45) is 5.92 Å². The molecule has 1 aromatic carbocycles. The number of carboxylic acid groups (broad SMARTS) is 1. The average Bonchev–Trinajstić information content (AvgIpc) is 2.26. The zero-order valence-electron chi connectivity index (χ0n) is 11.6. The SMILES string of the molecule is CCC(CCOc1c(C)cc(C)cc1C)C(=O)O. The van der Waals surface area contributed by atoms with Crippen LogP contribution in [-0.2, 0) is 4.79 Å². The highest BCUT2D eigenvalue weighted by molar-refractivity contribution is 5.69. The van der Waals surface area contributed by atoms with E-state index in [9.17, 15) is 4.79 Å². The van der Waals surface area contributed by atoms with Crippen molar-refractivity contribution in [2.45, 2.75) is 40.5 Å². The summed E-state index contributed by atoms with van der Waals surface area (Å²) in [5.41, 5.74) is 3.43. The van der Waals surface area contributed by atoms with Gasteiger partial charge in [-0.25, -0.2) is 0 Å². The van der Waals surface area contributed by atoms with Crippen molar-refractivity contribution in [3.63, 3.8) is 0 Å². The molecule has 1 atom stereocenters. The average molecular weight is 250 g/mol. The summed E-state index contributed by atoms with van der Waals surface area (Å²) in [5.74, 6) is -0.157. The first-order chi connectivity index (χ1) is 8.45. The van der Waals surface area contributed by atoms with Crippen molar-refractivity contribution in [3.8, 4) is 5.75 Å². The van der Waals surface area contributed by atoms with Crippen molar-refractivity contribution in [1.82, 2.24) is 0 Å². The highest BCUT2D eigenvalue weighted by Gasteiger charge is 2.15. The molecular formula is C15H22O3. The number of ether oxygens (including phenoxy) is 1. The summed E-state index contributed by atoms with van der Waals surface area (Å²) in [7, 11) is 0. The summed E-state index contributed by atoms with van der Waals surface area (Å²) in [6.45, 7) is 8.44. The summed E-state index contributed by atoms with van der Waals surface area (Å²) < 4.78 is 5.74. The lowest BCUT2D eigenvalue weighted by atomic mass is 10.0. The van der Waals surface area contributed by atoms with Crippen LogP contribution in [0.2, 0.25) is 0 Å². The third kappa shape index (κ3) is 3.76. The van der Waals surface area contributed by atoms with Crippen LogP contribution in [0.4, 0.5) is 0 Å². The first-order valence-corrected chi connectivity index (χ1v) is 6.39. The van der Waals surface area contributed by atoms with Gasteiger partial charge in [0.25, 0.3) is 0 Å². The minimum absolute atomic E-state index is 0.309. The van der Waals surface area contributed by atoms with E-state index in [0.717, 1.165) is 16.9 Å². The maximum atomic E-state index is 10.9. The Bertz CT molecular complexity index is 401. The number of rotatable bonds is 6. The molecule has 0 saturated carbocycles. The molecule has 0 amide bonds. The van der Waals surface area contributed by atoms with Gasteiger partial charge in [0.15, 0.2) is 0 Å². The van der Waals surface area contributed by atoms with Crippen LogP contribution in [-0.4, -0.2) is 17.7 Å². The molecule has 18 heavy (non-hydrogen) atoms.